The first kappa shape index (κ1) is 20.1. The van der Waals surface area contributed by atoms with Crippen LogP contribution in [0.3, 0.4) is 0 Å². The number of likely N-dealkylation sites (tertiary alicyclic amines) is 1. The van der Waals surface area contributed by atoms with Crippen LogP contribution in [0.25, 0.3) is 0 Å². The van der Waals surface area contributed by atoms with Crippen molar-refractivity contribution in [1.82, 2.24) is 14.8 Å². The van der Waals surface area contributed by atoms with Gasteiger partial charge in [-0.3, -0.25) is 4.79 Å². The van der Waals surface area contributed by atoms with Crippen molar-refractivity contribution in [2.75, 3.05) is 33.2 Å². The second kappa shape index (κ2) is 9.09. The van der Waals surface area contributed by atoms with Gasteiger partial charge in [0.25, 0.3) is 5.91 Å². The summed E-state index contributed by atoms with van der Waals surface area (Å²) in [4.78, 5) is 21.1. The molecule has 1 aromatic heterocycles. The van der Waals surface area contributed by atoms with Gasteiger partial charge in [-0.25, -0.2) is 4.98 Å². The summed E-state index contributed by atoms with van der Waals surface area (Å²) in [6.45, 7) is 3.30. The quantitative estimate of drug-likeness (QED) is 0.741. The number of amides is 1. The van der Waals surface area contributed by atoms with E-state index in [9.17, 15) is 9.90 Å². The third-order valence-electron chi connectivity index (χ3n) is 6.13. The Hall–Kier alpha value is -2.18. The molecule has 1 amide bonds. The molecule has 6 heteroatoms. The van der Waals surface area contributed by atoms with Crippen LogP contribution >= 0.6 is 0 Å². The summed E-state index contributed by atoms with van der Waals surface area (Å²) in [7, 11) is 1.85. The normalized spacial score (nSPS) is 19.2. The average Bonchev–Trinajstić information content (AvgIpc) is 3.44. The zero-order valence-electron chi connectivity index (χ0n) is 17.2. The summed E-state index contributed by atoms with van der Waals surface area (Å²) in [6.07, 6.45) is 6.46. The van der Waals surface area contributed by atoms with Crippen LogP contribution < -0.4 is 0 Å². The molecular formula is C23H31N3O3. The summed E-state index contributed by atoms with van der Waals surface area (Å²) in [6, 6.07) is 9.82. The van der Waals surface area contributed by atoms with Crippen molar-refractivity contribution in [1.29, 1.82) is 0 Å². The minimum atomic E-state index is -0.450. The first-order chi connectivity index (χ1) is 14.1. The number of aliphatic hydroxyl groups excluding tert-OH is 1. The van der Waals surface area contributed by atoms with E-state index in [1.807, 2.05) is 37.4 Å². The van der Waals surface area contributed by atoms with Gasteiger partial charge in [-0.05, 0) is 56.2 Å². The van der Waals surface area contributed by atoms with Crippen molar-refractivity contribution < 1.29 is 14.3 Å². The summed E-state index contributed by atoms with van der Waals surface area (Å²) >= 11 is 0. The van der Waals surface area contributed by atoms with Crippen LogP contribution in [0.2, 0.25) is 0 Å². The fraction of sp³-hybridized carbons (Fsp3) is 0.565. The highest BCUT2D eigenvalue weighted by atomic mass is 16.3. The van der Waals surface area contributed by atoms with E-state index in [-0.39, 0.29) is 5.91 Å². The second-order valence-electron chi connectivity index (χ2n) is 8.63. The fourth-order valence-electron chi connectivity index (χ4n) is 4.11. The van der Waals surface area contributed by atoms with Crippen molar-refractivity contribution in [3.8, 4) is 0 Å². The highest BCUT2D eigenvalue weighted by Crippen LogP contribution is 2.32. The number of hydrogen-bond acceptors (Lipinski definition) is 5. The van der Waals surface area contributed by atoms with Crippen LogP contribution in [0, 0.1) is 11.8 Å². The van der Waals surface area contributed by atoms with Crippen molar-refractivity contribution in [3.63, 3.8) is 0 Å². The highest BCUT2D eigenvalue weighted by Gasteiger charge is 2.27. The number of aliphatic hydroxyl groups is 1. The molecule has 156 valence electrons. The minimum absolute atomic E-state index is 0.0577. The molecule has 1 unspecified atom stereocenters. The summed E-state index contributed by atoms with van der Waals surface area (Å²) in [5.74, 6) is 1.80. The maximum atomic E-state index is 12.7. The van der Waals surface area contributed by atoms with Crippen LogP contribution in [0.5, 0.6) is 0 Å². The Kier molecular flexibility index (Phi) is 6.31. The molecule has 1 aliphatic carbocycles. The lowest BCUT2D eigenvalue weighted by molar-refractivity contribution is 0.0677. The smallest absolute Gasteiger partial charge is 0.275 e. The molecule has 1 aromatic carbocycles. The number of β-amino-alcohol motifs (C(OH)–C–C–N with tert-alkyl or cyclic N) is 1. The Bertz CT molecular complexity index is 795. The Morgan fingerprint density at radius 2 is 1.93 bits per heavy atom. The maximum absolute atomic E-state index is 12.7. The molecular weight excluding hydrogens is 366 g/mol. The van der Waals surface area contributed by atoms with Crippen LogP contribution in [0.15, 0.2) is 41.0 Å². The van der Waals surface area contributed by atoms with E-state index in [0.717, 1.165) is 44.5 Å². The lowest BCUT2D eigenvalue weighted by Gasteiger charge is -2.34. The van der Waals surface area contributed by atoms with Crippen molar-refractivity contribution in [2.45, 2.75) is 38.2 Å². The zero-order chi connectivity index (χ0) is 20.2. The molecule has 0 bridgehead atoms. The zero-order valence-corrected chi connectivity index (χ0v) is 17.2. The van der Waals surface area contributed by atoms with E-state index >= 15 is 0 Å². The minimum Gasteiger partial charge on any atom is -0.448 e. The molecule has 1 aliphatic heterocycles. The number of piperidine rings is 1. The molecule has 6 nitrogen and oxygen atoms in total. The molecule has 2 aromatic rings. The summed E-state index contributed by atoms with van der Waals surface area (Å²) < 4.78 is 5.48. The lowest BCUT2D eigenvalue weighted by Crippen LogP contribution is -2.40. The van der Waals surface area contributed by atoms with Crippen LogP contribution in [-0.4, -0.2) is 59.0 Å². The fourth-order valence-corrected chi connectivity index (χ4v) is 4.11. The number of oxazole rings is 1. The molecule has 4 rings (SSSR count). The molecule has 1 N–H and O–H groups in total. The molecule has 2 aliphatic rings. The van der Waals surface area contributed by atoms with E-state index in [0.29, 0.717) is 30.0 Å². The predicted octanol–water partition coefficient (Wildman–Crippen LogP) is 3.14. The molecule has 0 radical (unpaired) electrons. The third kappa shape index (κ3) is 5.46. The molecule has 1 atom stereocenters. The molecule has 0 spiro atoms. The Morgan fingerprint density at radius 3 is 2.62 bits per heavy atom. The predicted molar refractivity (Wildman–Crippen MR) is 110 cm³/mol. The molecule has 1 saturated heterocycles. The van der Waals surface area contributed by atoms with E-state index < -0.39 is 6.10 Å². The molecule has 2 fully saturated rings. The lowest BCUT2D eigenvalue weighted by atomic mass is 9.95. The summed E-state index contributed by atoms with van der Waals surface area (Å²) in [5, 5.41) is 10.4. The Morgan fingerprint density at radius 1 is 1.21 bits per heavy atom. The number of nitrogens with zero attached hydrogens (tertiary/aromatic N) is 3. The number of carbonyl (C=O) groups excluding carboxylic acids is 1. The number of rotatable bonds is 8. The molecule has 29 heavy (non-hydrogen) atoms. The Labute approximate surface area is 172 Å². The van der Waals surface area contributed by atoms with Gasteiger partial charge in [-0.2, -0.15) is 0 Å². The van der Waals surface area contributed by atoms with Gasteiger partial charge in [0.1, 0.15) is 6.26 Å². The van der Waals surface area contributed by atoms with Gasteiger partial charge in [-0.15, -0.1) is 0 Å². The molecule has 2 heterocycles. The van der Waals surface area contributed by atoms with Crippen LogP contribution in [0.4, 0.5) is 0 Å². The van der Waals surface area contributed by atoms with E-state index in [1.54, 1.807) is 4.90 Å². The van der Waals surface area contributed by atoms with Gasteiger partial charge < -0.3 is 19.3 Å². The van der Waals surface area contributed by atoms with E-state index in [4.69, 9.17) is 4.42 Å². The maximum Gasteiger partial charge on any atom is 0.275 e. The summed E-state index contributed by atoms with van der Waals surface area (Å²) in [5.41, 5.74) is 1.39. The van der Waals surface area contributed by atoms with Crippen LogP contribution in [0.1, 0.15) is 53.7 Å². The molecule has 1 saturated carbocycles. The first-order valence-corrected chi connectivity index (χ1v) is 10.7. The van der Waals surface area contributed by atoms with Crippen molar-refractivity contribution >= 4 is 5.91 Å². The monoisotopic (exact) mass is 397 g/mol. The highest BCUT2D eigenvalue weighted by molar-refractivity contribution is 5.91. The van der Waals surface area contributed by atoms with Crippen molar-refractivity contribution in [2.24, 2.45) is 11.8 Å². The largest absolute Gasteiger partial charge is 0.448 e. The third-order valence-corrected chi connectivity index (χ3v) is 6.13. The number of benzene rings is 1. The standard InChI is InChI=1S/C23H31N3O3/c1-25(23(28)20-16-29-22(24-20)13-17-7-8-17)14-18-9-11-26(12-10-18)15-21(27)19-5-3-2-4-6-19/h2-6,16-18,21,27H,7-15H2,1H3. The number of aromatic nitrogens is 1. The first-order valence-electron chi connectivity index (χ1n) is 10.7. The number of carbonyl (C=O) groups is 1. The van der Waals surface area contributed by atoms with Gasteiger partial charge in [0, 0.05) is 26.6 Å². The van der Waals surface area contributed by atoms with Gasteiger partial charge >= 0.3 is 0 Å². The van der Waals surface area contributed by atoms with Gasteiger partial charge in [-0.1, -0.05) is 30.3 Å². The second-order valence-corrected chi connectivity index (χ2v) is 8.63. The number of hydrogen-bond donors (Lipinski definition) is 1. The topological polar surface area (TPSA) is 69.8 Å². The van der Waals surface area contributed by atoms with Crippen molar-refractivity contribution in [3.05, 3.63) is 53.7 Å². The van der Waals surface area contributed by atoms with Gasteiger partial charge in [0.15, 0.2) is 11.6 Å². The van der Waals surface area contributed by atoms with Gasteiger partial charge in [0.05, 0.1) is 6.10 Å². The SMILES string of the molecule is CN(CC1CCN(CC(O)c2ccccc2)CC1)C(=O)c1coc(CC2CC2)n1. The Balaban J connectivity index is 1.21. The average molecular weight is 398 g/mol. The van der Waals surface area contributed by atoms with E-state index in [1.165, 1.54) is 19.1 Å². The van der Waals surface area contributed by atoms with Crippen LogP contribution in [-0.2, 0) is 6.42 Å². The van der Waals surface area contributed by atoms with E-state index in [2.05, 4.69) is 9.88 Å². The van der Waals surface area contributed by atoms with Gasteiger partial charge in [0.2, 0.25) is 0 Å².